The lowest BCUT2D eigenvalue weighted by Crippen LogP contribution is -2.32. The molecule has 172 valence electrons. The Kier molecular flexibility index (Phi) is 4.87. The molecular weight excluding hydrogens is 424 g/mol. The van der Waals surface area contributed by atoms with E-state index in [0.717, 1.165) is 62.8 Å². The van der Waals surface area contributed by atoms with Crippen LogP contribution < -0.4 is 4.90 Å². The fraction of sp³-hybridized carbons (Fsp3) is 0.440. The van der Waals surface area contributed by atoms with E-state index in [2.05, 4.69) is 21.9 Å². The Bertz CT molecular complexity index is 1210. The third kappa shape index (κ3) is 3.47. The Hall–Kier alpha value is -3.00. The number of amides is 1. The van der Waals surface area contributed by atoms with Crippen LogP contribution in [0.2, 0.25) is 0 Å². The first-order valence-corrected chi connectivity index (χ1v) is 11.6. The van der Waals surface area contributed by atoms with Gasteiger partial charge in [0.2, 0.25) is 0 Å². The molecule has 1 aromatic carbocycles. The molecule has 3 fully saturated rings. The summed E-state index contributed by atoms with van der Waals surface area (Å²) in [4.78, 5) is 19.8. The molecule has 0 radical (unpaired) electrons. The summed E-state index contributed by atoms with van der Waals surface area (Å²) in [6.45, 7) is 4.41. The van der Waals surface area contributed by atoms with Crippen molar-refractivity contribution in [1.29, 1.82) is 0 Å². The molecule has 2 aromatic heterocycles. The lowest BCUT2D eigenvalue weighted by molar-refractivity contribution is 0.0778. The van der Waals surface area contributed by atoms with Crippen LogP contribution in [0, 0.1) is 23.5 Å². The van der Waals surface area contributed by atoms with E-state index in [0.29, 0.717) is 23.0 Å². The minimum absolute atomic E-state index is 0.0216. The zero-order chi connectivity index (χ0) is 22.7. The van der Waals surface area contributed by atoms with Gasteiger partial charge in [0, 0.05) is 50.2 Å². The van der Waals surface area contributed by atoms with E-state index >= 15 is 0 Å². The van der Waals surface area contributed by atoms with Crippen LogP contribution in [0.5, 0.6) is 0 Å². The van der Waals surface area contributed by atoms with E-state index < -0.39 is 5.82 Å². The summed E-state index contributed by atoms with van der Waals surface area (Å²) in [5.41, 5.74) is 2.61. The predicted octanol–water partition coefficient (Wildman–Crippen LogP) is 3.59. The Morgan fingerprint density at radius 2 is 1.85 bits per heavy atom. The minimum Gasteiger partial charge on any atom is -0.364 e. The molecule has 6 nitrogen and oxygen atoms in total. The highest BCUT2D eigenvalue weighted by Crippen LogP contribution is 2.38. The van der Waals surface area contributed by atoms with Gasteiger partial charge in [-0.05, 0) is 62.1 Å². The lowest BCUT2D eigenvalue weighted by atomic mass is 10.0. The number of rotatable bonds is 3. The van der Waals surface area contributed by atoms with E-state index in [1.165, 1.54) is 12.1 Å². The van der Waals surface area contributed by atoms with Crippen molar-refractivity contribution in [2.75, 3.05) is 44.7 Å². The highest BCUT2D eigenvalue weighted by molar-refractivity contribution is 6.01. The molecule has 5 heterocycles. The summed E-state index contributed by atoms with van der Waals surface area (Å²) in [5, 5.41) is 4.40. The summed E-state index contributed by atoms with van der Waals surface area (Å²) in [6.07, 6.45) is 5.13. The predicted molar refractivity (Wildman–Crippen MR) is 121 cm³/mol. The lowest BCUT2D eigenvalue weighted by Gasteiger charge is -2.27. The number of carbonyl (C=O) groups excluding carboxylic acids is 1. The Morgan fingerprint density at radius 3 is 2.64 bits per heavy atom. The SMILES string of the molecule is CN1CC2CN(C(=O)c3cnn4ccc(N5CCCC5c5cc(F)ccc5F)cc34)CC2C1. The normalized spacial score (nSPS) is 25.4. The van der Waals surface area contributed by atoms with Gasteiger partial charge in [-0.1, -0.05) is 0 Å². The van der Waals surface area contributed by atoms with Crippen molar-refractivity contribution in [2.45, 2.75) is 18.9 Å². The molecule has 3 aliphatic rings. The Labute approximate surface area is 191 Å². The molecule has 33 heavy (non-hydrogen) atoms. The van der Waals surface area contributed by atoms with Gasteiger partial charge < -0.3 is 14.7 Å². The van der Waals surface area contributed by atoms with Gasteiger partial charge in [0.05, 0.1) is 23.3 Å². The number of pyridine rings is 1. The van der Waals surface area contributed by atoms with Gasteiger partial charge in [0.15, 0.2) is 0 Å². The summed E-state index contributed by atoms with van der Waals surface area (Å²) < 4.78 is 30.1. The number of carbonyl (C=O) groups is 1. The van der Waals surface area contributed by atoms with Crippen molar-refractivity contribution in [2.24, 2.45) is 11.8 Å². The number of aromatic nitrogens is 2. The fourth-order valence-corrected chi connectivity index (χ4v) is 6.05. The average Bonchev–Trinajstić information content (AvgIpc) is 3.56. The van der Waals surface area contributed by atoms with Gasteiger partial charge in [-0.15, -0.1) is 0 Å². The number of anilines is 1. The highest BCUT2D eigenvalue weighted by atomic mass is 19.1. The molecule has 0 spiro atoms. The van der Waals surface area contributed by atoms with Crippen LogP contribution in [0.15, 0.2) is 42.7 Å². The Morgan fingerprint density at radius 1 is 1.06 bits per heavy atom. The maximum atomic E-state index is 14.5. The van der Waals surface area contributed by atoms with Crippen molar-refractivity contribution in [3.05, 3.63) is 65.5 Å². The van der Waals surface area contributed by atoms with Crippen LogP contribution in [0.25, 0.3) is 5.52 Å². The number of benzene rings is 1. The topological polar surface area (TPSA) is 44.1 Å². The van der Waals surface area contributed by atoms with E-state index in [1.807, 2.05) is 23.2 Å². The van der Waals surface area contributed by atoms with Crippen LogP contribution in [0.4, 0.5) is 14.5 Å². The van der Waals surface area contributed by atoms with Crippen molar-refractivity contribution in [1.82, 2.24) is 19.4 Å². The van der Waals surface area contributed by atoms with Crippen LogP contribution in [0.1, 0.15) is 34.8 Å². The minimum atomic E-state index is -0.432. The van der Waals surface area contributed by atoms with E-state index in [4.69, 9.17) is 0 Å². The summed E-state index contributed by atoms with van der Waals surface area (Å²) >= 11 is 0. The monoisotopic (exact) mass is 451 g/mol. The molecule has 6 rings (SSSR count). The maximum absolute atomic E-state index is 14.5. The molecular formula is C25H27F2N5O. The standard InChI is InChI=1S/C25H27F2N5O/c1-29-12-16-14-30(15-17(16)13-29)25(33)21-11-28-32-8-6-19(10-24(21)32)31-7-2-3-23(31)20-9-18(26)4-5-22(20)27/h4-6,8-11,16-17,23H,2-3,7,12-15H2,1H3. The smallest absolute Gasteiger partial charge is 0.257 e. The average molecular weight is 452 g/mol. The van der Waals surface area contributed by atoms with E-state index in [1.54, 1.807) is 10.7 Å². The van der Waals surface area contributed by atoms with Crippen molar-refractivity contribution in [3.63, 3.8) is 0 Å². The molecule has 0 N–H and O–H groups in total. The first-order valence-electron chi connectivity index (χ1n) is 11.6. The van der Waals surface area contributed by atoms with Crippen molar-refractivity contribution < 1.29 is 13.6 Å². The third-order valence-electron chi connectivity index (χ3n) is 7.59. The number of likely N-dealkylation sites (tertiary alicyclic amines) is 2. The number of nitrogens with zero attached hydrogens (tertiary/aromatic N) is 5. The highest BCUT2D eigenvalue weighted by Gasteiger charge is 2.41. The second kappa shape index (κ2) is 7.80. The van der Waals surface area contributed by atoms with E-state index in [9.17, 15) is 13.6 Å². The summed E-state index contributed by atoms with van der Waals surface area (Å²) in [6, 6.07) is 7.30. The first-order chi connectivity index (χ1) is 16.0. The summed E-state index contributed by atoms with van der Waals surface area (Å²) in [5.74, 6) is 0.290. The zero-order valence-electron chi connectivity index (χ0n) is 18.6. The molecule has 0 aliphatic carbocycles. The molecule has 3 saturated heterocycles. The van der Waals surface area contributed by atoms with Crippen LogP contribution in [-0.4, -0.2) is 65.1 Å². The molecule has 3 aromatic rings. The molecule has 0 bridgehead atoms. The van der Waals surface area contributed by atoms with Gasteiger partial charge >= 0.3 is 0 Å². The number of halogens is 2. The zero-order valence-corrected chi connectivity index (χ0v) is 18.6. The van der Waals surface area contributed by atoms with Gasteiger partial charge in [0.1, 0.15) is 11.6 Å². The van der Waals surface area contributed by atoms with Gasteiger partial charge in [0.25, 0.3) is 5.91 Å². The van der Waals surface area contributed by atoms with Crippen LogP contribution >= 0.6 is 0 Å². The molecule has 3 unspecified atom stereocenters. The largest absolute Gasteiger partial charge is 0.364 e. The third-order valence-corrected chi connectivity index (χ3v) is 7.59. The maximum Gasteiger partial charge on any atom is 0.257 e. The van der Waals surface area contributed by atoms with Crippen molar-refractivity contribution in [3.8, 4) is 0 Å². The second-order valence-electron chi connectivity index (χ2n) is 9.74. The number of hydrogen-bond donors (Lipinski definition) is 0. The number of fused-ring (bicyclic) bond motifs is 2. The van der Waals surface area contributed by atoms with Crippen LogP contribution in [0.3, 0.4) is 0 Å². The van der Waals surface area contributed by atoms with Gasteiger partial charge in [-0.25, -0.2) is 13.3 Å². The molecule has 3 aliphatic heterocycles. The fourth-order valence-electron chi connectivity index (χ4n) is 6.05. The molecule has 3 atom stereocenters. The summed E-state index contributed by atoms with van der Waals surface area (Å²) in [7, 11) is 2.14. The quantitative estimate of drug-likeness (QED) is 0.611. The van der Waals surface area contributed by atoms with E-state index in [-0.39, 0.29) is 17.8 Å². The van der Waals surface area contributed by atoms with Crippen molar-refractivity contribution >= 4 is 17.1 Å². The number of hydrogen-bond acceptors (Lipinski definition) is 4. The van der Waals surface area contributed by atoms with Gasteiger partial charge in [-0.2, -0.15) is 5.10 Å². The first kappa shape index (κ1) is 20.6. The Balaban J connectivity index is 1.30. The second-order valence-corrected chi connectivity index (χ2v) is 9.74. The molecule has 0 saturated carbocycles. The van der Waals surface area contributed by atoms with Crippen LogP contribution in [-0.2, 0) is 0 Å². The molecule has 8 heteroatoms. The molecule has 1 amide bonds. The van der Waals surface area contributed by atoms with Gasteiger partial charge in [-0.3, -0.25) is 4.79 Å².